The Balaban J connectivity index is 0.00000261. The first-order chi connectivity index (χ1) is 12.5. The van der Waals surface area contributed by atoms with Gasteiger partial charge in [0.15, 0.2) is 4.34 Å². The van der Waals surface area contributed by atoms with Crippen LogP contribution in [0.2, 0.25) is 0 Å². The molecule has 0 atom stereocenters. The molecule has 0 saturated carbocycles. The Kier molecular flexibility index (Phi) is 7.78. The summed E-state index contributed by atoms with van der Waals surface area (Å²) in [7, 11) is 0. The van der Waals surface area contributed by atoms with Gasteiger partial charge in [0.05, 0.1) is 9.82 Å². The molecule has 0 radical (unpaired) electrons. The third-order valence-electron chi connectivity index (χ3n) is 3.85. The normalized spacial score (nSPS) is 13.4. The zero-order chi connectivity index (χ0) is 18.5. The summed E-state index contributed by atoms with van der Waals surface area (Å²) in [5.74, 6) is -0.311. The largest absolute Gasteiger partial charge is 0.348 e. The number of nitrogens with zero attached hydrogens (tertiary/aromatic N) is 2. The second kappa shape index (κ2) is 9.84. The maximum atomic E-state index is 12.3. The summed E-state index contributed by atoms with van der Waals surface area (Å²) in [5.41, 5.74) is 2.24. The molecule has 2 aromatic rings. The number of carbonyl (C=O) groups excluding carboxylic acids is 1. The van der Waals surface area contributed by atoms with Gasteiger partial charge in [0, 0.05) is 35.8 Å². The van der Waals surface area contributed by atoms with E-state index in [1.54, 1.807) is 12.1 Å². The van der Waals surface area contributed by atoms with E-state index in [0.29, 0.717) is 11.4 Å². The molecular weight excluding hydrogens is 408 g/mol. The number of hydrogen-bond acceptors (Lipinski definition) is 7. The first kappa shape index (κ1) is 21.4. The van der Waals surface area contributed by atoms with Gasteiger partial charge in [-0.05, 0) is 32.0 Å². The van der Waals surface area contributed by atoms with Crippen LogP contribution in [0.15, 0.2) is 44.5 Å². The predicted octanol–water partition coefficient (Wildman–Crippen LogP) is 3.58. The van der Waals surface area contributed by atoms with Gasteiger partial charge >= 0.3 is 0 Å². The predicted molar refractivity (Wildman–Crippen MR) is 109 cm³/mol. The van der Waals surface area contributed by atoms with E-state index in [4.69, 9.17) is 0 Å². The zero-order valence-electron chi connectivity index (χ0n) is 14.6. The molecule has 2 heterocycles. The molecule has 1 amide bonds. The lowest BCUT2D eigenvalue weighted by Gasteiger charge is -2.14. The zero-order valence-corrected chi connectivity index (χ0v) is 17.0. The lowest BCUT2D eigenvalue weighted by Crippen LogP contribution is -2.29. The summed E-state index contributed by atoms with van der Waals surface area (Å²) in [5, 5.41) is 19.4. The SMILES string of the molecule is Cc1csc(Sc2ccc(C(=O)NCC3=CCNCC3)cc2[N+](=O)[O-])n1.Cl. The van der Waals surface area contributed by atoms with Crippen LogP contribution in [0.4, 0.5) is 5.69 Å². The van der Waals surface area contributed by atoms with Crippen LogP contribution in [-0.4, -0.2) is 35.4 Å². The van der Waals surface area contributed by atoms with E-state index in [-0.39, 0.29) is 29.6 Å². The van der Waals surface area contributed by atoms with Gasteiger partial charge in [0.25, 0.3) is 11.6 Å². The molecule has 0 aliphatic carbocycles. The highest BCUT2D eigenvalue weighted by molar-refractivity contribution is 8.01. The topological polar surface area (TPSA) is 97.2 Å². The summed E-state index contributed by atoms with van der Waals surface area (Å²) in [6.45, 7) is 4.04. The van der Waals surface area contributed by atoms with E-state index in [1.807, 2.05) is 12.3 Å². The third-order valence-corrected chi connectivity index (χ3v) is 5.97. The molecule has 7 nitrogen and oxygen atoms in total. The lowest BCUT2D eigenvalue weighted by atomic mass is 10.1. The van der Waals surface area contributed by atoms with Crippen molar-refractivity contribution in [2.45, 2.75) is 22.6 Å². The van der Waals surface area contributed by atoms with Gasteiger partial charge in [-0.2, -0.15) is 0 Å². The number of carbonyl (C=O) groups is 1. The number of halogens is 1. The van der Waals surface area contributed by atoms with Crippen molar-refractivity contribution in [3.63, 3.8) is 0 Å². The second-order valence-electron chi connectivity index (χ2n) is 5.80. The molecular formula is C17H19ClN4O3S2. The molecule has 1 aliphatic heterocycles. The summed E-state index contributed by atoms with van der Waals surface area (Å²) in [4.78, 5) is 28.1. The van der Waals surface area contributed by atoms with Crippen LogP contribution in [0, 0.1) is 17.0 Å². The number of nitro groups is 1. The highest BCUT2D eigenvalue weighted by atomic mass is 35.5. The van der Waals surface area contributed by atoms with Crippen LogP contribution >= 0.6 is 35.5 Å². The molecule has 27 heavy (non-hydrogen) atoms. The molecule has 0 saturated heterocycles. The van der Waals surface area contributed by atoms with Crippen molar-refractivity contribution in [1.29, 1.82) is 0 Å². The average molecular weight is 427 g/mol. The van der Waals surface area contributed by atoms with Crippen LogP contribution in [-0.2, 0) is 0 Å². The number of amides is 1. The number of nitro benzene ring substituents is 1. The van der Waals surface area contributed by atoms with Gasteiger partial charge < -0.3 is 10.6 Å². The number of nitrogens with one attached hydrogen (secondary N) is 2. The molecule has 0 bridgehead atoms. The number of thiazole rings is 1. The van der Waals surface area contributed by atoms with Crippen LogP contribution in [0.1, 0.15) is 22.5 Å². The van der Waals surface area contributed by atoms with Crippen molar-refractivity contribution < 1.29 is 9.72 Å². The summed E-state index contributed by atoms with van der Waals surface area (Å²) in [6.07, 6.45) is 2.95. The lowest BCUT2D eigenvalue weighted by molar-refractivity contribution is -0.387. The molecule has 0 fully saturated rings. The molecule has 144 valence electrons. The minimum atomic E-state index is -0.463. The standard InChI is InChI=1S/C17H18N4O3S2.ClH/c1-11-10-25-17(20-11)26-15-3-2-13(8-14(15)21(23)24)16(22)19-9-12-4-6-18-7-5-12;/h2-4,8,10,18H,5-7,9H2,1H3,(H,19,22);1H. The molecule has 0 unspecified atom stereocenters. The maximum Gasteiger partial charge on any atom is 0.284 e. The first-order valence-electron chi connectivity index (χ1n) is 8.08. The number of aryl methyl sites for hydroxylation is 1. The van der Waals surface area contributed by atoms with Crippen LogP contribution in [0.3, 0.4) is 0 Å². The molecule has 2 N–H and O–H groups in total. The fourth-order valence-corrected chi connectivity index (χ4v) is 4.37. The second-order valence-corrected chi connectivity index (χ2v) is 7.94. The third kappa shape index (κ3) is 5.77. The molecule has 1 aliphatic rings. The quantitative estimate of drug-likeness (QED) is 0.416. The Morgan fingerprint density at radius 3 is 2.93 bits per heavy atom. The summed E-state index contributed by atoms with van der Waals surface area (Å²) in [6, 6.07) is 4.55. The van der Waals surface area contributed by atoms with Crippen molar-refractivity contribution in [2.75, 3.05) is 19.6 Å². The van der Waals surface area contributed by atoms with Crippen LogP contribution in [0.5, 0.6) is 0 Å². The average Bonchev–Trinajstić information content (AvgIpc) is 3.05. The minimum Gasteiger partial charge on any atom is -0.348 e. The van der Waals surface area contributed by atoms with E-state index in [0.717, 1.165) is 35.1 Å². The number of aromatic nitrogens is 1. The molecule has 1 aromatic heterocycles. The molecule has 10 heteroatoms. The van der Waals surface area contributed by atoms with Gasteiger partial charge in [0.1, 0.15) is 0 Å². The van der Waals surface area contributed by atoms with E-state index < -0.39 is 4.92 Å². The summed E-state index contributed by atoms with van der Waals surface area (Å²) >= 11 is 2.68. The number of benzene rings is 1. The fraction of sp³-hybridized carbons (Fsp3) is 0.294. The van der Waals surface area contributed by atoms with Crippen LogP contribution < -0.4 is 10.6 Å². The first-order valence-corrected chi connectivity index (χ1v) is 9.78. The number of rotatable bonds is 6. The highest BCUT2D eigenvalue weighted by Crippen LogP contribution is 2.36. The molecule has 3 rings (SSSR count). The molecule has 1 aromatic carbocycles. The minimum absolute atomic E-state index is 0. The van der Waals surface area contributed by atoms with Gasteiger partial charge in [-0.15, -0.1) is 23.7 Å². The van der Waals surface area contributed by atoms with E-state index in [9.17, 15) is 14.9 Å². The Labute approximate surface area is 171 Å². The Hall–Kier alpha value is -1.94. The monoisotopic (exact) mass is 426 g/mol. The fourth-order valence-electron chi connectivity index (χ4n) is 2.49. The van der Waals surface area contributed by atoms with Gasteiger partial charge in [-0.1, -0.05) is 23.4 Å². The van der Waals surface area contributed by atoms with Crippen LogP contribution in [0.25, 0.3) is 0 Å². The Bertz CT molecular complexity index is 870. The van der Waals surface area contributed by atoms with Crippen molar-refractivity contribution in [2.24, 2.45) is 0 Å². The summed E-state index contributed by atoms with van der Waals surface area (Å²) < 4.78 is 0.737. The smallest absolute Gasteiger partial charge is 0.284 e. The van der Waals surface area contributed by atoms with E-state index >= 15 is 0 Å². The van der Waals surface area contributed by atoms with Crippen molar-refractivity contribution in [3.8, 4) is 0 Å². The van der Waals surface area contributed by atoms with Crippen molar-refractivity contribution in [3.05, 3.63) is 56.6 Å². The Morgan fingerprint density at radius 1 is 1.48 bits per heavy atom. The van der Waals surface area contributed by atoms with Gasteiger partial charge in [-0.25, -0.2) is 4.98 Å². The van der Waals surface area contributed by atoms with Gasteiger partial charge in [-0.3, -0.25) is 14.9 Å². The Morgan fingerprint density at radius 2 is 2.30 bits per heavy atom. The van der Waals surface area contributed by atoms with E-state index in [2.05, 4.69) is 21.7 Å². The maximum absolute atomic E-state index is 12.3. The van der Waals surface area contributed by atoms with Crippen molar-refractivity contribution >= 4 is 47.1 Å². The molecule has 0 spiro atoms. The van der Waals surface area contributed by atoms with E-state index in [1.165, 1.54) is 29.2 Å². The van der Waals surface area contributed by atoms with Crippen molar-refractivity contribution in [1.82, 2.24) is 15.6 Å². The van der Waals surface area contributed by atoms with Gasteiger partial charge in [0.2, 0.25) is 0 Å². The number of hydrogen-bond donors (Lipinski definition) is 2. The highest BCUT2D eigenvalue weighted by Gasteiger charge is 2.19.